The molecule has 2 rings (SSSR count). The van der Waals surface area contributed by atoms with Crippen molar-refractivity contribution in [3.05, 3.63) is 47.8 Å². The number of sulfonamides is 1. The SMILES string of the molecule is Cc1cc(S(=O)(=O)N[C@H](CCc2c[nH+]c[nH]2)C(=O)NO)ccc1F. The maximum atomic E-state index is 13.3. The van der Waals surface area contributed by atoms with Crippen molar-refractivity contribution in [3.63, 3.8) is 0 Å². The summed E-state index contributed by atoms with van der Waals surface area (Å²) in [6, 6.07) is 2.14. The third kappa shape index (κ3) is 4.37. The first-order chi connectivity index (χ1) is 11.3. The normalized spacial score (nSPS) is 12.8. The van der Waals surface area contributed by atoms with Crippen molar-refractivity contribution in [2.45, 2.75) is 30.7 Å². The van der Waals surface area contributed by atoms with Gasteiger partial charge in [-0.1, -0.05) is 0 Å². The highest BCUT2D eigenvalue weighted by molar-refractivity contribution is 7.89. The van der Waals surface area contributed by atoms with Gasteiger partial charge in [-0.25, -0.2) is 23.3 Å². The van der Waals surface area contributed by atoms with Crippen LogP contribution in [0.2, 0.25) is 0 Å². The number of aryl methyl sites for hydroxylation is 2. The van der Waals surface area contributed by atoms with Crippen LogP contribution in [-0.4, -0.2) is 30.6 Å². The standard InChI is InChI=1S/C14H17FN4O4S/c1-9-6-11(3-4-12(9)15)24(22,23)19-13(14(20)18-21)5-2-10-7-16-8-17-10/h3-4,6-8,13,19,21H,2,5H2,1H3,(H,16,17)(H,18,20)/p+1/t13-/m1/s1. The molecule has 0 bridgehead atoms. The minimum Gasteiger partial charge on any atom is -0.289 e. The molecular formula is C14H18FN4O4S+. The van der Waals surface area contributed by atoms with E-state index in [9.17, 15) is 17.6 Å². The van der Waals surface area contributed by atoms with E-state index < -0.39 is 27.8 Å². The fourth-order valence-corrected chi connectivity index (χ4v) is 3.44. The Balaban J connectivity index is 2.17. The Hall–Kier alpha value is -2.30. The molecule has 1 atom stereocenters. The van der Waals surface area contributed by atoms with E-state index in [-0.39, 0.29) is 16.9 Å². The Labute approximate surface area is 138 Å². The average Bonchev–Trinajstić information content (AvgIpc) is 3.06. The number of amides is 1. The van der Waals surface area contributed by atoms with Crippen LogP contribution >= 0.6 is 0 Å². The number of aromatic nitrogens is 2. The molecule has 0 saturated heterocycles. The van der Waals surface area contributed by atoms with E-state index in [4.69, 9.17) is 5.21 Å². The number of benzene rings is 1. The van der Waals surface area contributed by atoms with Gasteiger partial charge in [-0.2, -0.15) is 4.72 Å². The summed E-state index contributed by atoms with van der Waals surface area (Å²) in [7, 11) is -4.05. The molecule has 5 N–H and O–H groups in total. The molecule has 8 nitrogen and oxygen atoms in total. The number of nitrogens with one attached hydrogen (secondary N) is 4. The quantitative estimate of drug-likeness (QED) is 0.413. The first kappa shape index (κ1) is 18.0. The van der Waals surface area contributed by atoms with Gasteiger partial charge in [0.15, 0.2) is 0 Å². The monoisotopic (exact) mass is 357 g/mol. The molecule has 1 amide bonds. The van der Waals surface area contributed by atoms with Gasteiger partial charge >= 0.3 is 0 Å². The number of hydroxylamine groups is 1. The molecule has 24 heavy (non-hydrogen) atoms. The van der Waals surface area contributed by atoms with Gasteiger partial charge in [0.1, 0.15) is 23.7 Å². The summed E-state index contributed by atoms with van der Waals surface area (Å²) in [5, 5.41) is 8.81. The number of H-pyrrole nitrogens is 2. The first-order valence-electron chi connectivity index (χ1n) is 7.09. The second kappa shape index (κ2) is 7.51. The summed E-state index contributed by atoms with van der Waals surface area (Å²) in [6.45, 7) is 1.44. The lowest BCUT2D eigenvalue weighted by Gasteiger charge is -2.16. The molecule has 0 aliphatic carbocycles. The van der Waals surface area contributed by atoms with Crippen molar-refractivity contribution in [2.75, 3.05) is 0 Å². The van der Waals surface area contributed by atoms with E-state index >= 15 is 0 Å². The van der Waals surface area contributed by atoms with Crippen molar-refractivity contribution < 1.29 is 27.8 Å². The van der Waals surface area contributed by atoms with Crippen molar-refractivity contribution in [1.82, 2.24) is 15.2 Å². The number of carbonyl (C=O) groups excluding carboxylic acids is 1. The van der Waals surface area contributed by atoms with E-state index in [0.29, 0.717) is 6.42 Å². The predicted molar refractivity (Wildman–Crippen MR) is 80.8 cm³/mol. The van der Waals surface area contributed by atoms with Crippen LogP contribution in [0, 0.1) is 12.7 Å². The van der Waals surface area contributed by atoms with Crippen LogP contribution < -0.4 is 15.2 Å². The smallest absolute Gasteiger partial charge is 0.261 e. The minimum absolute atomic E-state index is 0.111. The molecule has 0 fully saturated rings. The van der Waals surface area contributed by atoms with Gasteiger partial charge in [0.2, 0.25) is 16.4 Å². The third-order valence-corrected chi connectivity index (χ3v) is 4.93. The van der Waals surface area contributed by atoms with Crippen LogP contribution in [-0.2, 0) is 21.2 Å². The fourth-order valence-electron chi connectivity index (χ4n) is 2.12. The van der Waals surface area contributed by atoms with E-state index in [1.165, 1.54) is 18.5 Å². The Kier molecular flexibility index (Phi) is 5.65. The molecule has 1 aromatic heterocycles. The lowest BCUT2D eigenvalue weighted by atomic mass is 10.1. The zero-order valence-corrected chi connectivity index (χ0v) is 13.7. The van der Waals surface area contributed by atoms with Crippen molar-refractivity contribution in [3.8, 4) is 0 Å². The van der Waals surface area contributed by atoms with Gasteiger partial charge in [-0.3, -0.25) is 15.0 Å². The van der Waals surface area contributed by atoms with Gasteiger partial charge in [0.25, 0.3) is 5.91 Å². The van der Waals surface area contributed by atoms with Crippen LogP contribution in [0.25, 0.3) is 0 Å². The molecule has 0 aliphatic rings. The Morgan fingerprint density at radius 1 is 1.46 bits per heavy atom. The summed E-state index contributed by atoms with van der Waals surface area (Å²) in [4.78, 5) is 17.3. The summed E-state index contributed by atoms with van der Waals surface area (Å²) in [5.41, 5.74) is 2.38. The topological polar surface area (TPSA) is 125 Å². The molecule has 0 radical (unpaired) electrons. The average molecular weight is 357 g/mol. The number of hydrogen-bond donors (Lipinski definition) is 4. The first-order valence-corrected chi connectivity index (χ1v) is 8.57. The number of imidazole rings is 1. The van der Waals surface area contributed by atoms with Crippen molar-refractivity contribution >= 4 is 15.9 Å². The number of aromatic amines is 2. The zero-order valence-electron chi connectivity index (χ0n) is 12.8. The number of carbonyl (C=O) groups is 1. The predicted octanol–water partition coefficient (Wildman–Crippen LogP) is 0.0614. The zero-order chi connectivity index (χ0) is 17.7. The highest BCUT2D eigenvalue weighted by atomic mass is 32.2. The van der Waals surface area contributed by atoms with Crippen LogP contribution in [0.3, 0.4) is 0 Å². The van der Waals surface area contributed by atoms with Gasteiger partial charge in [-0.15, -0.1) is 0 Å². The highest BCUT2D eigenvalue weighted by Gasteiger charge is 2.26. The van der Waals surface area contributed by atoms with E-state index in [1.54, 1.807) is 12.5 Å². The van der Waals surface area contributed by atoms with Gasteiger partial charge in [-0.05, 0) is 37.1 Å². The number of hydrogen-bond acceptors (Lipinski definition) is 4. The number of halogens is 1. The largest absolute Gasteiger partial charge is 0.289 e. The fraction of sp³-hybridized carbons (Fsp3) is 0.286. The molecule has 1 heterocycles. The van der Waals surface area contributed by atoms with Crippen LogP contribution in [0.1, 0.15) is 17.7 Å². The molecule has 0 aliphatic heterocycles. The Bertz CT molecular complexity index is 808. The molecule has 2 aromatic rings. The lowest BCUT2D eigenvalue weighted by Crippen LogP contribution is -2.46. The maximum absolute atomic E-state index is 13.3. The molecule has 0 saturated carbocycles. The van der Waals surface area contributed by atoms with Crippen LogP contribution in [0.4, 0.5) is 4.39 Å². The second-order valence-corrected chi connectivity index (χ2v) is 6.94. The van der Waals surface area contributed by atoms with Crippen molar-refractivity contribution in [1.29, 1.82) is 0 Å². The van der Waals surface area contributed by atoms with E-state index in [2.05, 4.69) is 14.7 Å². The van der Waals surface area contributed by atoms with E-state index in [1.807, 2.05) is 0 Å². The molecule has 130 valence electrons. The molecular weight excluding hydrogens is 339 g/mol. The summed E-state index contributed by atoms with van der Waals surface area (Å²) in [5.74, 6) is -1.41. The summed E-state index contributed by atoms with van der Waals surface area (Å²) in [6.07, 6.45) is 3.74. The van der Waals surface area contributed by atoms with Crippen molar-refractivity contribution in [2.24, 2.45) is 0 Å². The number of rotatable bonds is 7. The highest BCUT2D eigenvalue weighted by Crippen LogP contribution is 2.15. The maximum Gasteiger partial charge on any atom is 0.261 e. The lowest BCUT2D eigenvalue weighted by molar-refractivity contribution is -0.376. The van der Waals surface area contributed by atoms with Crippen LogP contribution in [0.15, 0.2) is 35.6 Å². The Morgan fingerprint density at radius 2 is 2.21 bits per heavy atom. The van der Waals surface area contributed by atoms with Gasteiger partial charge in [0, 0.05) is 6.42 Å². The second-order valence-electron chi connectivity index (χ2n) is 5.22. The van der Waals surface area contributed by atoms with Gasteiger partial charge < -0.3 is 0 Å². The van der Waals surface area contributed by atoms with Gasteiger partial charge in [0.05, 0.1) is 4.90 Å². The Morgan fingerprint density at radius 3 is 2.79 bits per heavy atom. The molecule has 10 heteroatoms. The minimum atomic E-state index is -4.05. The molecule has 1 aromatic carbocycles. The summed E-state index contributed by atoms with van der Waals surface area (Å²) < 4.78 is 40.3. The van der Waals surface area contributed by atoms with E-state index in [0.717, 1.165) is 17.8 Å². The third-order valence-electron chi connectivity index (χ3n) is 3.46. The molecule has 0 spiro atoms. The van der Waals surface area contributed by atoms with Crippen LogP contribution in [0.5, 0.6) is 0 Å². The molecule has 0 unspecified atom stereocenters. The summed E-state index contributed by atoms with van der Waals surface area (Å²) >= 11 is 0.